The van der Waals surface area contributed by atoms with Crippen molar-refractivity contribution in [3.63, 3.8) is 0 Å². The number of hydrogen-bond donors (Lipinski definition) is 1. The van der Waals surface area contributed by atoms with Crippen LogP contribution in [-0.2, 0) is 4.79 Å². The van der Waals surface area contributed by atoms with E-state index in [2.05, 4.69) is 15.3 Å². The van der Waals surface area contributed by atoms with Gasteiger partial charge in [0.15, 0.2) is 0 Å². The van der Waals surface area contributed by atoms with Gasteiger partial charge in [0.05, 0.1) is 0 Å². The van der Waals surface area contributed by atoms with Crippen LogP contribution in [0.4, 0.5) is 5.82 Å². The highest BCUT2D eigenvalue weighted by atomic mass is 35.5. The summed E-state index contributed by atoms with van der Waals surface area (Å²) in [5, 5.41) is 3.00. The van der Waals surface area contributed by atoms with E-state index >= 15 is 0 Å². The zero-order chi connectivity index (χ0) is 12.3. The van der Waals surface area contributed by atoms with E-state index in [1.807, 2.05) is 0 Å². The van der Waals surface area contributed by atoms with Crippen molar-refractivity contribution in [1.82, 2.24) is 9.97 Å². The fourth-order valence-electron chi connectivity index (χ4n) is 2.05. The monoisotopic (exact) mass is 273 g/mol. The molecule has 0 spiro atoms. The predicted molar refractivity (Wildman–Crippen MR) is 67.3 cm³/mol. The Balaban J connectivity index is 2.01. The first kappa shape index (κ1) is 12.6. The second-order valence-corrected chi connectivity index (χ2v) is 4.89. The molecule has 1 aliphatic carbocycles. The van der Waals surface area contributed by atoms with Crippen LogP contribution in [0.25, 0.3) is 0 Å². The van der Waals surface area contributed by atoms with Crippen molar-refractivity contribution in [2.45, 2.75) is 32.1 Å². The predicted octanol–water partition coefficient (Wildman–Crippen LogP) is 3.30. The van der Waals surface area contributed by atoms with Gasteiger partial charge in [-0.3, -0.25) is 4.79 Å². The molecule has 0 atom stereocenters. The Bertz CT molecular complexity index is 399. The molecule has 0 aliphatic heterocycles. The van der Waals surface area contributed by atoms with Gasteiger partial charge in [0, 0.05) is 12.0 Å². The molecule has 17 heavy (non-hydrogen) atoms. The number of aromatic nitrogens is 2. The molecule has 1 aromatic rings. The highest BCUT2D eigenvalue weighted by molar-refractivity contribution is 6.32. The SMILES string of the molecule is O=C(Nc1cc(Cl)nc(Cl)n1)C1CCCCC1. The molecule has 4 nitrogen and oxygen atoms in total. The Morgan fingerprint density at radius 2 is 1.94 bits per heavy atom. The fraction of sp³-hybridized carbons (Fsp3) is 0.545. The molecule has 1 fully saturated rings. The second-order valence-electron chi connectivity index (χ2n) is 4.17. The lowest BCUT2D eigenvalue weighted by molar-refractivity contribution is -0.120. The van der Waals surface area contributed by atoms with Crippen molar-refractivity contribution in [3.05, 3.63) is 16.5 Å². The first-order valence-corrected chi connectivity index (χ1v) is 6.41. The van der Waals surface area contributed by atoms with E-state index in [1.54, 1.807) is 0 Å². The number of hydrogen-bond acceptors (Lipinski definition) is 3. The van der Waals surface area contributed by atoms with Crippen LogP contribution in [0.2, 0.25) is 10.4 Å². The molecule has 0 saturated heterocycles. The molecule has 0 bridgehead atoms. The quantitative estimate of drug-likeness (QED) is 0.665. The number of nitrogens with zero attached hydrogens (tertiary/aromatic N) is 2. The number of anilines is 1. The maximum atomic E-state index is 11.9. The zero-order valence-corrected chi connectivity index (χ0v) is 10.8. The van der Waals surface area contributed by atoms with Crippen molar-refractivity contribution in [2.24, 2.45) is 5.92 Å². The van der Waals surface area contributed by atoms with Crippen molar-refractivity contribution >= 4 is 34.9 Å². The fourth-order valence-corrected chi connectivity index (χ4v) is 2.46. The molecule has 92 valence electrons. The Morgan fingerprint density at radius 1 is 1.24 bits per heavy atom. The van der Waals surface area contributed by atoms with Crippen molar-refractivity contribution in [3.8, 4) is 0 Å². The average Bonchev–Trinajstić information content (AvgIpc) is 2.28. The number of halogens is 2. The minimum atomic E-state index is -0.00414. The van der Waals surface area contributed by atoms with Crippen LogP contribution >= 0.6 is 23.2 Å². The topological polar surface area (TPSA) is 54.9 Å². The maximum absolute atomic E-state index is 11.9. The van der Waals surface area contributed by atoms with E-state index in [4.69, 9.17) is 23.2 Å². The lowest BCUT2D eigenvalue weighted by Crippen LogP contribution is -2.25. The van der Waals surface area contributed by atoms with E-state index in [9.17, 15) is 4.79 Å². The van der Waals surface area contributed by atoms with Crippen molar-refractivity contribution < 1.29 is 4.79 Å². The first-order chi connectivity index (χ1) is 8.15. The van der Waals surface area contributed by atoms with Gasteiger partial charge in [-0.1, -0.05) is 30.9 Å². The summed E-state index contributed by atoms with van der Waals surface area (Å²) in [6, 6.07) is 1.49. The lowest BCUT2D eigenvalue weighted by Gasteiger charge is -2.20. The summed E-state index contributed by atoms with van der Waals surface area (Å²) in [7, 11) is 0. The van der Waals surface area contributed by atoms with Crippen LogP contribution in [0.5, 0.6) is 0 Å². The maximum Gasteiger partial charge on any atom is 0.228 e. The van der Waals surface area contributed by atoms with Gasteiger partial charge in [-0.15, -0.1) is 0 Å². The average molecular weight is 274 g/mol. The van der Waals surface area contributed by atoms with Crippen LogP contribution < -0.4 is 5.32 Å². The summed E-state index contributed by atoms with van der Waals surface area (Å²) in [6.07, 6.45) is 5.33. The molecular weight excluding hydrogens is 261 g/mol. The normalized spacial score (nSPS) is 16.8. The number of amides is 1. The Hall–Kier alpha value is -0.870. The van der Waals surface area contributed by atoms with Crippen LogP contribution in [0.15, 0.2) is 6.07 Å². The third kappa shape index (κ3) is 3.54. The molecule has 1 saturated carbocycles. The molecule has 0 radical (unpaired) electrons. The van der Waals surface area contributed by atoms with E-state index in [0.717, 1.165) is 25.7 Å². The molecule has 1 N–H and O–H groups in total. The van der Waals surface area contributed by atoms with Gasteiger partial charge in [-0.25, -0.2) is 9.97 Å². The molecular formula is C11H13Cl2N3O. The summed E-state index contributed by atoms with van der Waals surface area (Å²) in [6.45, 7) is 0. The van der Waals surface area contributed by atoms with Gasteiger partial charge in [-0.2, -0.15) is 0 Å². The van der Waals surface area contributed by atoms with Gasteiger partial charge >= 0.3 is 0 Å². The molecule has 0 unspecified atom stereocenters. The molecule has 1 aliphatic rings. The smallest absolute Gasteiger partial charge is 0.228 e. The Kier molecular flexibility index (Phi) is 4.18. The summed E-state index contributed by atoms with van der Waals surface area (Å²) in [5.74, 6) is 0.442. The lowest BCUT2D eigenvalue weighted by atomic mass is 9.89. The number of carbonyl (C=O) groups is 1. The minimum absolute atomic E-state index is 0.00414. The van der Waals surface area contributed by atoms with E-state index in [1.165, 1.54) is 12.5 Å². The molecule has 1 heterocycles. The second kappa shape index (κ2) is 5.65. The van der Waals surface area contributed by atoms with Crippen LogP contribution in [0.1, 0.15) is 32.1 Å². The first-order valence-electron chi connectivity index (χ1n) is 5.66. The number of rotatable bonds is 2. The van der Waals surface area contributed by atoms with Crippen molar-refractivity contribution in [1.29, 1.82) is 0 Å². The van der Waals surface area contributed by atoms with Gasteiger partial charge in [-0.05, 0) is 24.4 Å². The number of nitrogens with one attached hydrogen (secondary N) is 1. The zero-order valence-electron chi connectivity index (χ0n) is 9.25. The molecule has 0 aromatic carbocycles. The van der Waals surface area contributed by atoms with Gasteiger partial charge in [0.1, 0.15) is 11.0 Å². The third-order valence-electron chi connectivity index (χ3n) is 2.89. The highest BCUT2D eigenvalue weighted by Crippen LogP contribution is 2.25. The number of carbonyl (C=O) groups excluding carboxylic acids is 1. The third-order valence-corrected chi connectivity index (χ3v) is 3.26. The summed E-state index contributed by atoms with van der Waals surface area (Å²) in [5.41, 5.74) is 0. The van der Waals surface area contributed by atoms with Crippen LogP contribution in [-0.4, -0.2) is 15.9 Å². The summed E-state index contributed by atoms with van der Waals surface area (Å²) >= 11 is 11.4. The van der Waals surface area contributed by atoms with Crippen molar-refractivity contribution in [2.75, 3.05) is 5.32 Å². The van der Waals surface area contributed by atoms with Gasteiger partial charge in [0.2, 0.25) is 11.2 Å². The Morgan fingerprint density at radius 3 is 2.59 bits per heavy atom. The van der Waals surface area contributed by atoms with E-state index in [0.29, 0.717) is 5.82 Å². The van der Waals surface area contributed by atoms with Gasteiger partial charge < -0.3 is 5.32 Å². The summed E-state index contributed by atoms with van der Waals surface area (Å²) in [4.78, 5) is 19.6. The van der Waals surface area contributed by atoms with Crippen LogP contribution in [0, 0.1) is 5.92 Å². The molecule has 1 amide bonds. The Labute approximate surface area is 110 Å². The van der Waals surface area contributed by atoms with Crippen LogP contribution in [0.3, 0.4) is 0 Å². The standard InChI is InChI=1S/C11H13Cl2N3O/c12-8-6-9(16-11(13)14-8)15-10(17)7-4-2-1-3-5-7/h6-7H,1-5H2,(H,14,15,16,17). The highest BCUT2D eigenvalue weighted by Gasteiger charge is 2.21. The van der Waals surface area contributed by atoms with E-state index < -0.39 is 0 Å². The van der Waals surface area contributed by atoms with Gasteiger partial charge in [0.25, 0.3) is 0 Å². The molecule has 1 aromatic heterocycles. The minimum Gasteiger partial charge on any atom is -0.310 e. The molecule has 2 rings (SSSR count). The van der Waals surface area contributed by atoms with E-state index in [-0.39, 0.29) is 22.3 Å². The molecule has 6 heteroatoms. The largest absolute Gasteiger partial charge is 0.310 e. The summed E-state index contributed by atoms with van der Waals surface area (Å²) < 4.78 is 0.